The number of hydrogen-bond donors (Lipinski definition) is 2. The van der Waals surface area contributed by atoms with Gasteiger partial charge in [0.1, 0.15) is 44.0 Å². The van der Waals surface area contributed by atoms with Crippen LogP contribution in [0.15, 0.2) is 98.1 Å². The van der Waals surface area contributed by atoms with E-state index >= 15 is 0 Å². The molecule has 11 heteroatoms. The lowest BCUT2D eigenvalue weighted by Crippen LogP contribution is -2.37. The summed E-state index contributed by atoms with van der Waals surface area (Å²) >= 11 is 0. The van der Waals surface area contributed by atoms with Gasteiger partial charge in [0.25, 0.3) is 0 Å². The third-order valence-corrected chi connectivity index (χ3v) is 5.86. The van der Waals surface area contributed by atoms with E-state index in [1.807, 2.05) is 38.1 Å². The van der Waals surface area contributed by atoms with Gasteiger partial charge in [0.2, 0.25) is 0 Å². The summed E-state index contributed by atoms with van der Waals surface area (Å²) in [6.07, 6.45) is 6.89. The molecule has 11 nitrogen and oxygen atoms in total. The summed E-state index contributed by atoms with van der Waals surface area (Å²) in [7, 11) is 0. The fourth-order valence-electron chi connectivity index (χ4n) is 3.65. The fraction of sp³-hybridized carbons (Fsp3) is 0.450. The molecular weight excluding hydrogens is 656 g/mol. The van der Waals surface area contributed by atoms with Crippen LogP contribution in [-0.2, 0) is 33.4 Å². The van der Waals surface area contributed by atoms with Gasteiger partial charge in [-0.25, -0.2) is 9.59 Å². The second kappa shape index (κ2) is 32.3. The Balaban J connectivity index is 0. The minimum Gasteiger partial charge on any atom is -0.491 e. The number of aliphatic carboxylic acids is 1. The van der Waals surface area contributed by atoms with Crippen molar-refractivity contribution < 1.29 is 53.1 Å². The van der Waals surface area contributed by atoms with Crippen molar-refractivity contribution in [1.82, 2.24) is 0 Å². The molecule has 2 aromatic rings. The minimum absolute atomic E-state index is 0.0412. The highest BCUT2D eigenvalue weighted by atomic mass is 16.6. The van der Waals surface area contributed by atoms with Crippen LogP contribution in [-0.4, -0.2) is 72.7 Å². The normalized spacial score (nSPS) is 14.8. The minimum atomic E-state index is -1.04. The van der Waals surface area contributed by atoms with Gasteiger partial charge in [0.15, 0.2) is 6.10 Å². The molecule has 0 radical (unpaired) electrons. The number of hydrogen-bond acceptors (Lipinski definition) is 10. The lowest BCUT2D eigenvalue weighted by molar-refractivity contribution is -0.167. The van der Waals surface area contributed by atoms with Crippen molar-refractivity contribution in [1.29, 1.82) is 0 Å². The highest BCUT2D eigenvalue weighted by Gasteiger charge is 2.36. The summed E-state index contributed by atoms with van der Waals surface area (Å²) in [4.78, 5) is 45.9. The van der Waals surface area contributed by atoms with Gasteiger partial charge in [-0.1, -0.05) is 116 Å². The number of ether oxygens (including phenoxy) is 5. The smallest absolute Gasteiger partial charge is 0.330 e. The van der Waals surface area contributed by atoms with Gasteiger partial charge < -0.3 is 33.9 Å². The lowest BCUT2D eigenvalue weighted by Gasteiger charge is -2.26. The Labute approximate surface area is 303 Å². The first-order valence-corrected chi connectivity index (χ1v) is 17.3. The van der Waals surface area contributed by atoms with E-state index in [2.05, 4.69) is 45.6 Å². The van der Waals surface area contributed by atoms with Gasteiger partial charge >= 0.3 is 23.9 Å². The number of aliphatic hydroxyl groups excluding tert-OH is 1. The van der Waals surface area contributed by atoms with E-state index in [0.717, 1.165) is 12.2 Å². The van der Waals surface area contributed by atoms with Gasteiger partial charge in [0.05, 0.1) is 11.8 Å². The zero-order valence-corrected chi connectivity index (χ0v) is 31.0. The zero-order chi connectivity index (χ0) is 38.9. The number of carbonyl (C=O) groups excluding carboxylic acids is 3. The van der Waals surface area contributed by atoms with Crippen LogP contribution >= 0.6 is 0 Å². The Kier molecular flexibility index (Phi) is 30.5. The molecular formula is C40H58O11. The second-order valence-electron chi connectivity index (χ2n) is 10.5. The maximum Gasteiger partial charge on any atom is 0.330 e. The molecule has 284 valence electrons. The van der Waals surface area contributed by atoms with Crippen LogP contribution in [0.1, 0.15) is 67.2 Å². The number of aliphatic hydroxyl groups is 1. The molecule has 2 aromatic carbocycles. The van der Waals surface area contributed by atoms with Crippen molar-refractivity contribution in [2.75, 3.05) is 26.4 Å². The van der Waals surface area contributed by atoms with E-state index in [9.17, 15) is 29.4 Å². The number of carbonyl (C=O) groups is 4. The van der Waals surface area contributed by atoms with Gasteiger partial charge in [-0.2, -0.15) is 0 Å². The van der Waals surface area contributed by atoms with E-state index in [4.69, 9.17) is 18.9 Å². The molecule has 1 aliphatic carbocycles. The third-order valence-electron chi connectivity index (χ3n) is 5.86. The van der Waals surface area contributed by atoms with E-state index in [-0.39, 0.29) is 39.3 Å². The number of para-hydroxylation sites is 2. The van der Waals surface area contributed by atoms with Crippen LogP contribution in [0.5, 0.6) is 11.5 Å². The van der Waals surface area contributed by atoms with Gasteiger partial charge in [-0.15, -0.1) is 0 Å². The molecule has 4 atom stereocenters. The predicted octanol–water partition coefficient (Wildman–Crippen LogP) is 7.39. The molecule has 0 amide bonds. The third kappa shape index (κ3) is 24.8. The van der Waals surface area contributed by atoms with E-state index in [1.54, 1.807) is 48.6 Å². The molecule has 0 saturated heterocycles. The van der Waals surface area contributed by atoms with Crippen molar-refractivity contribution in [3.8, 4) is 11.5 Å². The lowest BCUT2D eigenvalue weighted by atomic mass is 9.83. The molecule has 0 heterocycles. The Hall–Kier alpha value is -4.90. The highest BCUT2D eigenvalue weighted by molar-refractivity contribution is 5.82. The molecule has 0 aromatic heterocycles. The summed E-state index contributed by atoms with van der Waals surface area (Å²) in [6.45, 7) is 18.8. The average Bonchev–Trinajstić information content (AvgIpc) is 3.16. The van der Waals surface area contributed by atoms with E-state index < -0.39 is 47.9 Å². The van der Waals surface area contributed by atoms with Crippen LogP contribution in [0.3, 0.4) is 0 Å². The van der Waals surface area contributed by atoms with E-state index in [0.29, 0.717) is 11.5 Å². The van der Waals surface area contributed by atoms with Crippen LogP contribution in [0, 0.1) is 11.8 Å². The Morgan fingerprint density at radius 1 is 0.706 bits per heavy atom. The standard InChI is InChI=1S/C20H22O7.C12H14O4.2C3H8.C2H6/c1-2-18(21)26-13-15(12-25-14-8-4-3-5-9-14)27-20(24)17-11-7-6-10-16(17)19(22)23;1-2-12(14)16-9-10(13)8-15-11-6-4-3-5-7-11;2*1-3-2;1-2/h2-9,15-17H,1,10-13H2,(H,22,23);2-7,10,13H,1,8-9H2;2*3H2,1-2H3;1-2H3. The second-order valence-corrected chi connectivity index (χ2v) is 10.5. The monoisotopic (exact) mass is 714 g/mol. The number of benzene rings is 2. The molecule has 0 saturated carbocycles. The fourth-order valence-corrected chi connectivity index (χ4v) is 3.65. The van der Waals surface area contributed by atoms with Gasteiger partial charge in [0, 0.05) is 12.2 Å². The SMILES string of the molecule is C=CC(=O)OCC(COc1ccccc1)OC(=O)C1CC=CCC1C(=O)O.C=CC(=O)OCC(O)COc1ccccc1.CC.CCC.CCC. The van der Waals surface area contributed by atoms with Crippen molar-refractivity contribution in [3.63, 3.8) is 0 Å². The summed E-state index contributed by atoms with van der Waals surface area (Å²) in [5, 5.41) is 18.7. The molecule has 0 aliphatic heterocycles. The van der Waals surface area contributed by atoms with E-state index in [1.165, 1.54) is 12.8 Å². The highest BCUT2D eigenvalue weighted by Crippen LogP contribution is 2.27. The van der Waals surface area contributed by atoms with Crippen LogP contribution < -0.4 is 9.47 Å². The maximum absolute atomic E-state index is 12.5. The summed E-state index contributed by atoms with van der Waals surface area (Å²) in [5.74, 6) is -3.30. The number of rotatable bonds is 15. The molecule has 0 spiro atoms. The topological polar surface area (TPSA) is 155 Å². The number of esters is 3. The Morgan fingerprint density at radius 2 is 1.12 bits per heavy atom. The first-order chi connectivity index (χ1) is 24.6. The first-order valence-electron chi connectivity index (χ1n) is 17.3. The van der Waals surface area contributed by atoms with Gasteiger partial charge in [-0.3, -0.25) is 9.59 Å². The van der Waals surface area contributed by atoms with Crippen molar-refractivity contribution >= 4 is 23.9 Å². The number of allylic oxidation sites excluding steroid dienone is 2. The van der Waals surface area contributed by atoms with Crippen LogP contribution in [0.25, 0.3) is 0 Å². The maximum atomic E-state index is 12.5. The first kappa shape index (κ1) is 48.2. The van der Waals surface area contributed by atoms with Crippen molar-refractivity contribution in [2.24, 2.45) is 11.8 Å². The molecule has 0 fully saturated rings. The summed E-state index contributed by atoms with van der Waals surface area (Å²) < 4.78 is 25.9. The summed E-state index contributed by atoms with van der Waals surface area (Å²) in [5.41, 5.74) is 0. The molecule has 4 unspecified atom stereocenters. The van der Waals surface area contributed by atoms with Crippen molar-refractivity contribution in [2.45, 2.75) is 79.4 Å². The summed E-state index contributed by atoms with van der Waals surface area (Å²) in [6, 6.07) is 18.0. The molecule has 2 N–H and O–H groups in total. The molecule has 0 bridgehead atoms. The zero-order valence-electron chi connectivity index (χ0n) is 31.0. The molecule has 1 aliphatic rings. The molecule has 3 rings (SSSR count). The van der Waals surface area contributed by atoms with Gasteiger partial charge in [-0.05, 0) is 37.1 Å². The van der Waals surface area contributed by atoms with Crippen LogP contribution in [0.4, 0.5) is 0 Å². The predicted molar refractivity (Wildman–Crippen MR) is 198 cm³/mol. The van der Waals surface area contributed by atoms with Crippen LogP contribution in [0.2, 0.25) is 0 Å². The largest absolute Gasteiger partial charge is 0.491 e. The Morgan fingerprint density at radius 3 is 1.55 bits per heavy atom. The quantitative estimate of drug-likeness (QED) is 0.0821. The van der Waals surface area contributed by atoms with Crippen molar-refractivity contribution in [3.05, 3.63) is 98.1 Å². The average molecular weight is 715 g/mol. The molecule has 51 heavy (non-hydrogen) atoms. The Bertz CT molecular complexity index is 1240. The number of carboxylic acid groups (broad SMARTS) is 1. The number of carboxylic acids is 1.